The molecule has 0 bridgehead atoms. The van der Waals surface area contributed by atoms with Crippen LogP contribution < -0.4 is 5.32 Å². The lowest BCUT2D eigenvalue weighted by atomic mass is 10.4. The molecular weight excluding hydrogens is 214 g/mol. The van der Waals surface area contributed by atoms with Gasteiger partial charge in [-0.15, -0.1) is 0 Å². The third kappa shape index (κ3) is 11.2. The van der Waals surface area contributed by atoms with E-state index in [1.165, 1.54) is 12.8 Å². The van der Waals surface area contributed by atoms with Crippen molar-refractivity contribution in [3.63, 3.8) is 0 Å². The SMILES string of the molecule is CCCCSCCC(=O)NCCC(=O)O. The van der Waals surface area contributed by atoms with Gasteiger partial charge in [-0.05, 0) is 12.2 Å². The van der Waals surface area contributed by atoms with Gasteiger partial charge in [0.05, 0.1) is 6.42 Å². The van der Waals surface area contributed by atoms with Gasteiger partial charge in [0.25, 0.3) is 0 Å². The van der Waals surface area contributed by atoms with Gasteiger partial charge in [-0.3, -0.25) is 9.59 Å². The molecule has 0 aliphatic heterocycles. The summed E-state index contributed by atoms with van der Waals surface area (Å²) in [5.41, 5.74) is 0. The summed E-state index contributed by atoms with van der Waals surface area (Å²) in [4.78, 5) is 21.3. The molecule has 0 spiro atoms. The molecule has 0 heterocycles. The number of hydrogen-bond acceptors (Lipinski definition) is 3. The number of hydrogen-bond donors (Lipinski definition) is 2. The molecule has 88 valence electrons. The third-order valence-corrected chi connectivity index (χ3v) is 2.85. The Hall–Kier alpha value is -0.710. The fraction of sp³-hybridized carbons (Fsp3) is 0.800. The molecule has 0 saturated carbocycles. The maximum atomic E-state index is 11.1. The van der Waals surface area contributed by atoms with E-state index in [0.29, 0.717) is 6.42 Å². The van der Waals surface area contributed by atoms with Gasteiger partial charge in [0.15, 0.2) is 0 Å². The van der Waals surface area contributed by atoms with Gasteiger partial charge >= 0.3 is 5.97 Å². The van der Waals surface area contributed by atoms with Crippen LogP contribution in [0.4, 0.5) is 0 Å². The zero-order chi connectivity index (χ0) is 11.5. The van der Waals surface area contributed by atoms with Gasteiger partial charge in [-0.2, -0.15) is 11.8 Å². The number of carboxylic acid groups (broad SMARTS) is 1. The van der Waals surface area contributed by atoms with Crippen molar-refractivity contribution in [3.8, 4) is 0 Å². The zero-order valence-electron chi connectivity index (χ0n) is 9.12. The van der Waals surface area contributed by atoms with Gasteiger partial charge in [0.1, 0.15) is 0 Å². The van der Waals surface area contributed by atoms with E-state index in [1.54, 1.807) is 11.8 Å². The Kier molecular flexibility index (Phi) is 9.36. The van der Waals surface area contributed by atoms with Crippen molar-refractivity contribution in [2.24, 2.45) is 0 Å². The third-order valence-electron chi connectivity index (χ3n) is 1.78. The van der Waals surface area contributed by atoms with Crippen molar-refractivity contribution in [2.75, 3.05) is 18.1 Å². The second-order valence-corrected chi connectivity index (χ2v) is 4.43. The van der Waals surface area contributed by atoms with Crippen molar-refractivity contribution in [3.05, 3.63) is 0 Å². The van der Waals surface area contributed by atoms with E-state index in [0.717, 1.165) is 11.5 Å². The van der Waals surface area contributed by atoms with Crippen LogP contribution in [0.25, 0.3) is 0 Å². The number of aliphatic carboxylic acids is 1. The summed E-state index contributed by atoms with van der Waals surface area (Å²) in [7, 11) is 0. The molecule has 0 aliphatic carbocycles. The Morgan fingerprint density at radius 3 is 2.60 bits per heavy atom. The lowest BCUT2D eigenvalue weighted by Gasteiger charge is -2.03. The second kappa shape index (κ2) is 9.83. The molecule has 0 aromatic heterocycles. The number of amides is 1. The van der Waals surface area contributed by atoms with Crippen LogP contribution in [0.5, 0.6) is 0 Å². The minimum Gasteiger partial charge on any atom is -0.481 e. The van der Waals surface area contributed by atoms with Crippen molar-refractivity contribution in [1.82, 2.24) is 5.32 Å². The van der Waals surface area contributed by atoms with Crippen LogP contribution in [0.3, 0.4) is 0 Å². The van der Waals surface area contributed by atoms with Crippen LogP contribution in [-0.4, -0.2) is 35.0 Å². The topological polar surface area (TPSA) is 66.4 Å². The minimum absolute atomic E-state index is 0.00524. The summed E-state index contributed by atoms with van der Waals surface area (Å²) in [6.07, 6.45) is 2.84. The summed E-state index contributed by atoms with van der Waals surface area (Å²) in [6.45, 7) is 2.37. The highest BCUT2D eigenvalue weighted by atomic mass is 32.2. The highest BCUT2D eigenvalue weighted by molar-refractivity contribution is 7.99. The summed E-state index contributed by atoms with van der Waals surface area (Å²) in [6, 6.07) is 0. The molecule has 1 amide bonds. The van der Waals surface area contributed by atoms with Crippen LogP contribution in [0.1, 0.15) is 32.6 Å². The number of unbranched alkanes of at least 4 members (excludes halogenated alkanes) is 1. The molecule has 0 fully saturated rings. The molecule has 0 aliphatic rings. The van der Waals surface area contributed by atoms with E-state index in [4.69, 9.17) is 5.11 Å². The van der Waals surface area contributed by atoms with Crippen LogP contribution in [0.15, 0.2) is 0 Å². The van der Waals surface area contributed by atoms with Gasteiger partial charge in [0, 0.05) is 18.7 Å². The van der Waals surface area contributed by atoms with Crippen molar-refractivity contribution >= 4 is 23.6 Å². The average Bonchev–Trinajstić information content (AvgIpc) is 2.17. The number of carboxylic acids is 1. The summed E-state index contributed by atoms with van der Waals surface area (Å²) >= 11 is 1.77. The first kappa shape index (κ1) is 14.3. The lowest BCUT2D eigenvalue weighted by molar-refractivity contribution is -0.136. The molecule has 15 heavy (non-hydrogen) atoms. The first-order valence-electron chi connectivity index (χ1n) is 5.23. The minimum atomic E-state index is -0.882. The number of carbonyl (C=O) groups excluding carboxylic acids is 1. The number of nitrogens with one attached hydrogen (secondary N) is 1. The van der Waals surface area contributed by atoms with E-state index < -0.39 is 5.97 Å². The highest BCUT2D eigenvalue weighted by Crippen LogP contribution is 2.05. The van der Waals surface area contributed by atoms with E-state index in [-0.39, 0.29) is 18.9 Å². The molecule has 0 aromatic rings. The summed E-state index contributed by atoms with van der Waals surface area (Å²) in [5.74, 6) is 0.977. The number of carbonyl (C=O) groups is 2. The molecule has 0 rings (SSSR count). The smallest absolute Gasteiger partial charge is 0.305 e. The van der Waals surface area contributed by atoms with Gasteiger partial charge in [0.2, 0.25) is 5.91 Å². The summed E-state index contributed by atoms with van der Waals surface area (Å²) < 4.78 is 0. The normalized spacial score (nSPS) is 9.93. The lowest BCUT2D eigenvalue weighted by Crippen LogP contribution is -2.26. The Balaban J connectivity index is 3.22. The van der Waals surface area contributed by atoms with Gasteiger partial charge in [-0.1, -0.05) is 13.3 Å². The highest BCUT2D eigenvalue weighted by Gasteiger charge is 2.02. The predicted molar refractivity (Wildman–Crippen MR) is 62.1 cm³/mol. The van der Waals surface area contributed by atoms with Crippen LogP contribution in [-0.2, 0) is 9.59 Å². The molecule has 0 atom stereocenters. The Labute approximate surface area is 94.8 Å². The number of thioether (sulfide) groups is 1. The molecule has 4 nitrogen and oxygen atoms in total. The summed E-state index contributed by atoms with van der Waals surface area (Å²) in [5, 5.41) is 10.9. The van der Waals surface area contributed by atoms with Crippen LogP contribution in [0.2, 0.25) is 0 Å². The zero-order valence-corrected chi connectivity index (χ0v) is 9.94. The first-order valence-corrected chi connectivity index (χ1v) is 6.38. The quantitative estimate of drug-likeness (QED) is 0.592. The standard InChI is InChI=1S/C10H19NO3S/c1-2-3-7-15-8-5-9(12)11-6-4-10(13)14/h2-8H2,1H3,(H,11,12)(H,13,14). The maximum absolute atomic E-state index is 11.1. The van der Waals surface area contributed by atoms with Gasteiger partial charge in [-0.25, -0.2) is 0 Å². The fourth-order valence-electron chi connectivity index (χ4n) is 0.911. The van der Waals surface area contributed by atoms with Crippen LogP contribution >= 0.6 is 11.8 Å². The van der Waals surface area contributed by atoms with E-state index in [9.17, 15) is 9.59 Å². The van der Waals surface area contributed by atoms with Crippen LogP contribution in [0, 0.1) is 0 Å². The Morgan fingerprint density at radius 1 is 1.27 bits per heavy atom. The molecule has 0 aromatic carbocycles. The molecule has 0 saturated heterocycles. The Morgan fingerprint density at radius 2 is 2.00 bits per heavy atom. The molecule has 2 N–H and O–H groups in total. The largest absolute Gasteiger partial charge is 0.481 e. The average molecular weight is 233 g/mol. The fourth-order valence-corrected chi connectivity index (χ4v) is 1.94. The maximum Gasteiger partial charge on any atom is 0.305 e. The predicted octanol–water partition coefficient (Wildman–Crippen LogP) is 1.50. The van der Waals surface area contributed by atoms with E-state index in [2.05, 4.69) is 12.2 Å². The Bertz CT molecular complexity index is 197. The van der Waals surface area contributed by atoms with E-state index in [1.807, 2.05) is 0 Å². The molecule has 0 radical (unpaired) electrons. The van der Waals surface area contributed by atoms with Gasteiger partial charge < -0.3 is 10.4 Å². The monoisotopic (exact) mass is 233 g/mol. The molecule has 0 unspecified atom stereocenters. The second-order valence-electron chi connectivity index (χ2n) is 3.21. The van der Waals surface area contributed by atoms with Crippen molar-refractivity contribution in [2.45, 2.75) is 32.6 Å². The molecular formula is C10H19NO3S. The molecule has 5 heteroatoms. The van der Waals surface area contributed by atoms with E-state index >= 15 is 0 Å². The number of rotatable bonds is 9. The van der Waals surface area contributed by atoms with Crippen molar-refractivity contribution < 1.29 is 14.7 Å². The van der Waals surface area contributed by atoms with Crippen molar-refractivity contribution in [1.29, 1.82) is 0 Å². The first-order chi connectivity index (χ1) is 7.16.